The molecule has 0 saturated carbocycles. The molecule has 0 aliphatic carbocycles. The zero-order valence-electron chi connectivity index (χ0n) is 18.4. The number of hydrogen-bond donors (Lipinski definition) is 1. The van der Waals surface area contributed by atoms with E-state index in [1.165, 1.54) is 0 Å². The van der Waals surface area contributed by atoms with Crippen molar-refractivity contribution in [3.05, 3.63) is 0 Å². The smallest absolute Gasteiger partial charge is 0.179 e. The van der Waals surface area contributed by atoms with Gasteiger partial charge in [0, 0.05) is 46.9 Å². The van der Waals surface area contributed by atoms with E-state index < -0.39 is 11.6 Å². The number of ether oxygens (including phenoxy) is 4. The first kappa shape index (κ1) is 25.2. The monoisotopic (exact) mass is 393 g/mol. The van der Waals surface area contributed by atoms with Gasteiger partial charge in [-0.3, -0.25) is 0 Å². The van der Waals surface area contributed by atoms with E-state index in [1.54, 1.807) is 0 Å². The molecule has 0 aliphatic rings. The van der Waals surface area contributed by atoms with Crippen LogP contribution in [0.3, 0.4) is 0 Å². The molecule has 0 saturated heterocycles. The molecule has 0 fully saturated rings. The van der Waals surface area contributed by atoms with Crippen molar-refractivity contribution >= 4 is 20.5 Å². The number of rotatable bonds is 14. The van der Waals surface area contributed by atoms with Crippen LogP contribution in [-0.2, 0) is 18.9 Å². The average Bonchev–Trinajstić information content (AvgIpc) is 2.55. The van der Waals surface area contributed by atoms with Crippen molar-refractivity contribution < 1.29 is 18.9 Å². The molecule has 2 atom stereocenters. The Labute approximate surface area is 161 Å². The third kappa shape index (κ3) is 5.60. The van der Waals surface area contributed by atoms with Crippen LogP contribution < -0.4 is 5.32 Å². The summed E-state index contributed by atoms with van der Waals surface area (Å²) in [6.07, 6.45) is 1.85. The van der Waals surface area contributed by atoms with Gasteiger partial charge in [-0.15, -0.1) is 0 Å². The topological polar surface area (TPSA) is 49.0 Å². The van der Waals surface area contributed by atoms with Crippen LogP contribution >= 0.6 is 0 Å². The van der Waals surface area contributed by atoms with E-state index in [9.17, 15) is 0 Å². The van der Waals surface area contributed by atoms with Gasteiger partial charge in [-0.25, -0.2) is 0 Å². The lowest BCUT2D eigenvalue weighted by Gasteiger charge is -2.54. The molecule has 0 amide bonds. The van der Waals surface area contributed by atoms with Gasteiger partial charge in [0.05, 0.1) is 10.3 Å². The van der Waals surface area contributed by atoms with Crippen molar-refractivity contribution in [2.75, 3.05) is 26.4 Å². The Balaban J connectivity index is 5.92. The molecule has 0 spiro atoms. The SMILES string of the molecule is CCOC(C)(OCC)C([SiH3])(CC)NC([SiH3])(CC)C(C)(OCC)OCC. The molecule has 0 aromatic carbocycles. The summed E-state index contributed by atoms with van der Waals surface area (Å²) in [6, 6.07) is 0. The summed E-state index contributed by atoms with van der Waals surface area (Å²) in [7, 11) is 1.77. The molecular weight excluding hydrogens is 350 g/mol. The minimum Gasteiger partial charge on any atom is -0.349 e. The Morgan fingerprint density at radius 2 is 0.840 bits per heavy atom. The fourth-order valence-corrected chi connectivity index (χ4v) is 5.66. The molecule has 25 heavy (non-hydrogen) atoms. The molecule has 0 rings (SSSR count). The zero-order valence-corrected chi connectivity index (χ0v) is 22.4. The first-order valence-electron chi connectivity index (χ1n) is 9.92. The van der Waals surface area contributed by atoms with Crippen LogP contribution in [-0.4, -0.2) is 68.8 Å². The van der Waals surface area contributed by atoms with Gasteiger partial charge in [-0.05, 0) is 54.4 Å². The molecule has 0 radical (unpaired) electrons. The minimum atomic E-state index is -0.665. The summed E-state index contributed by atoms with van der Waals surface area (Å²) in [4.78, 5) is 0. The van der Waals surface area contributed by atoms with Crippen LogP contribution in [0.4, 0.5) is 0 Å². The lowest BCUT2D eigenvalue weighted by atomic mass is 9.97. The second-order valence-corrected chi connectivity index (χ2v) is 10.5. The molecule has 1 N–H and O–H groups in total. The van der Waals surface area contributed by atoms with E-state index in [1.807, 2.05) is 27.7 Å². The van der Waals surface area contributed by atoms with E-state index in [0.29, 0.717) is 26.4 Å². The van der Waals surface area contributed by atoms with E-state index >= 15 is 0 Å². The maximum absolute atomic E-state index is 6.13. The fourth-order valence-electron chi connectivity index (χ4n) is 3.48. The largest absolute Gasteiger partial charge is 0.349 e. The molecule has 0 aliphatic heterocycles. The highest BCUT2D eigenvalue weighted by atomic mass is 28.2. The highest BCUT2D eigenvalue weighted by Crippen LogP contribution is 2.36. The van der Waals surface area contributed by atoms with Crippen molar-refractivity contribution in [1.82, 2.24) is 5.32 Å². The summed E-state index contributed by atoms with van der Waals surface area (Å²) in [5.41, 5.74) is 0. The van der Waals surface area contributed by atoms with E-state index in [4.69, 9.17) is 18.9 Å². The van der Waals surface area contributed by atoms with Crippen LogP contribution in [0.25, 0.3) is 0 Å². The molecule has 5 nitrogen and oxygen atoms in total. The van der Waals surface area contributed by atoms with Crippen LogP contribution in [0.1, 0.15) is 68.2 Å². The quantitative estimate of drug-likeness (QED) is 0.354. The van der Waals surface area contributed by atoms with Gasteiger partial charge in [-0.2, -0.15) is 0 Å². The maximum atomic E-state index is 6.13. The summed E-state index contributed by atoms with van der Waals surface area (Å²) in [5, 5.41) is 3.46. The lowest BCUT2D eigenvalue weighted by Crippen LogP contribution is -2.76. The van der Waals surface area contributed by atoms with Gasteiger partial charge < -0.3 is 24.3 Å². The van der Waals surface area contributed by atoms with Crippen LogP contribution in [0.15, 0.2) is 0 Å². The highest BCUT2D eigenvalue weighted by molar-refractivity contribution is 6.19. The molecule has 7 heteroatoms. The standard InChI is InChI=1S/C18H43NO4Si2/c1-9-17(24,15(7,20-11-3)21-12-4)19-18(25,10-2)16(8,22-13-5)23-14-6/h19H,9-14H2,1-8,24-25H3. The highest BCUT2D eigenvalue weighted by Gasteiger charge is 2.54. The van der Waals surface area contributed by atoms with Gasteiger partial charge in [0.25, 0.3) is 0 Å². The Bertz CT molecular complexity index is 340. The molecule has 0 aromatic rings. The Morgan fingerprint density at radius 1 is 0.600 bits per heavy atom. The zero-order chi connectivity index (χ0) is 19.8. The molecular formula is C18H43NO4Si2. The van der Waals surface area contributed by atoms with Crippen molar-refractivity contribution in [2.24, 2.45) is 0 Å². The third-order valence-corrected chi connectivity index (χ3v) is 9.38. The summed E-state index contributed by atoms with van der Waals surface area (Å²) < 4.78 is 24.5. The van der Waals surface area contributed by atoms with Gasteiger partial charge in [0.15, 0.2) is 11.6 Å². The van der Waals surface area contributed by atoms with E-state index in [0.717, 1.165) is 33.3 Å². The second kappa shape index (κ2) is 10.5. The molecule has 2 unspecified atom stereocenters. The first-order valence-corrected chi connectivity index (χ1v) is 11.9. The molecule has 0 bridgehead atoms. The van der Waals surface area contributed by atoms with Gasteiger partial charge in [0.2, 0.25) is 0 Å². The summed E-state index contributed by atoms with van der Waals surface area (Å²) in [5.74, 6) is -1.33. The molecule has 0 heterocycles. The fraction of sp³-hybridized carbons (Fsp3) is 1.00. The van der Waals surface area contributed by atoms with E-state index in [-0.39, 0.29) is 10.3 Å². The average molecular weight is 394 g/mol. The number of nitrogens with one attached hydrogen (secondary N) is 1. The Hall–Kier alpha value is 0.234. The molecule has 152 valence electrons. The summed E-state index contributed by atoms with van der Waals surface area (Å²) >= 11 is 0. The normalized spacial score (nSPS) is 18.2. The summed E-state index contributed by atoms with van der Waals surface area (Å²) in [6.45, 7) is 19.1. The van der Waals surface area contributed by atoms with Crippen LogP contribution in [0.2, 0.25) is 0 Å². The Kier molecular flexibility index (Phi) is 10.6. The first-order chi connectivity index (χ1) is 11.6. The van der Waals surface area contributed by atoms with Crippen molar-refractivity contribution in [3.8, 4) is 0 Å². The lowest BCUT2D eigenvalue weighted by molar-refractivity contribution is -0.275. The maximum Gasteiger partial charge on any atom is 0.179 e. The van der Waals surface area contributed by atoms with Crippen LogP contribution in [0, 0.1) is 0 Å². The molecule has 0 aromatic heterocycles. The van der Waals surface area contributed by atoms with Crippen molar-refractivity contribution in [3.63, 3.8) is 0 Å². The van der Waals surface area contributed by atoms with E-state index in [2.05, 4.69) is 33.0 Å². The van der Waals surface area contributed by atoms with Crippen molar-refractivity contribution in [2.45, 2.75) is 90.1 Å². The van der Waals surface area contributed by atoms with Gasteiger partial charge >= 0.3 is 0 Å². The Morgan fingerprint density at radius 3 is 1.00 bits per heavy atom. The van der Waals surface area contributed by atoms with Gasteiger partial charge in [-0.1, -0.05) is 13.8 Å². The third-order valence-electron chi connectivity index (χ3n) is 5.65. The number of hydrogen-bond acceptors (Lipinski definition) is 5. The predicted octanol–water partition coefficient (Wildman–Crippen LogP) is 1.10. The predicted molar refractivity (Wildman–Crippen MR) is 112 cm³/mol. The van der Waals surface area contributed by atoms with Gasteiger partial charge in [0.1, 0.15) is 0 Å². The van der Waals surface area contributed by atoms with Crippen LogP contribution in [0.5, 0.6) is 0 Å². The minimum absolute atomic E-state index is 0.244. The second-order valence-electron chi connectivity index (χ2n) is 7.12. The van der Waals surface area contributed by atoms with Crippen molar-refractivity contribution in [1.29, 1.82) is 0 Å².